The van der Waals surface area contributed by atoms with E-state index in [4.69, 9.17) is 23.0 Å². The predicted molar refractivity (Wildman–Crippen MR) is 187 cm³/mol. The van der Waals surface area contributed by atoms with Crippen LogP contribution in [-0.4, -0.2) is 50.3 Å². The van der Waals surface area contributed by atoms with E-state index in [0.717, 1.165) is 51.7 Å². The number of benzene rings is 1. The van der Waals surface area contributed by atoms with E-state index in [0.29, 0.717) is 33.5 Å². The van der Waals surface area contributed by atoms with Gasteiger partial charge >= 0.3 is 0 Å². The van der Waals surface area contributed by atoms with Crippen LogP contribution in [0.3, 0.4) is 0 Å². The van der Waals surface area contributed by atoms with Gasteiger partial charge in [-0.2, -0.15) is 0 Å². The molecule has 0 saturated carbocycles. The van der Waals surface area contributed by atoms with Gasteiger partial charge in [0.05, 0.1) is 37.4 Å². The molecular weight excluding hydrogens is 596 g/mol. The summed E-state index contributed by atoms with van der Waals surface area (Å²) in [6.07, 6.45) is 24.2. The normalized spacial score (nSPS) is 11.6. The molecule has 256 valence electrons. The minimum atomic E-state index is -0.687. The Kier molecular flexibility index (Phi) is 28.5. The molecule has 1 unspecified atom stereocenters. The van der Waals surface area contributed by atoms with Crippen molar-refractivity contribution in [2.45, 2.75) is 136 Å². The second-order valence-electron chi connectivity index (χ2n) is 11.2. The minimum absolute atomic E-state index is 0.0365. The van der Waals surface area contributed by atoms with Crippen LogP contribution in [0.1, 0.15) is 136 Å². The summed E-state index contributed by atoms with van der Waals surface area (Å²) in [5.41, 5.74) is 0.0365. The van der Waals surface area contributed by atoms with Crippen LogP contribution < -0.4 is 9.47 Å². The van der Waals surface area contributed by atoms with Gasteiger partial charge in [-0.05, 0) is 58.7 Å². The molecule has 0 aromatic heterocycles. The van der Waals surface area contributed by atoms with Crippen molar-refractivity contribution in [3.05, 3.63) is 28.3 Å². The van der Waals surface area contributed by atoms with E-state index in [1.165, 1.54) is 108 Å². The van der Waals surface area contributed by atoms with Gasteiger partial charge in [0.25, 0.3) is 5.69 Å². The van der Waals surface area contributed by atoms with E-state index in [1.807, 2.05) is 13.8 Å². The topological polar surface area (TPSA) is 89.3 Å². The number of hydrogen-bond acceptors (Lipinski definition) is 7. The number of nitrogens with zero attached hydrogens (tertiary/aromatic N) is 1. The molecule has 0 N–H and O–H groups in total. The number of nitro benzene ring substituents is 1. The van der Waals surface area contributed by atoms with E-state index in [9.17, 15) is 10.1 Å². The third kappa shape index (κ3) is 23.3. The first kappa shape index (κ1) is 41.0. The first-order valence-corrected chi connectivity index (χ1v) is 20.0. The Hall–Kier alpha value is -1.04. The molecule has 0 spiro atoms. The zero-order valence-electron chi connectivity index (χ0n) is 28.2. The van der Waals surface area contributed by atoms with Crippen molar-refractivity contribution in [2.75, 3.05) is 45.4 Å². The Morgan fingerprint density at radius 3 is 1.61 bits per heavy atom. The standard InChI is InChI=1S/C34H63NO7P2/c1-4-40-43-29-23-19-15-11-7-9-13-17-21-27-38-33-26-25-32(35(36)37)31-34(33)39-28-22-18-14-10-8-12-16-20-24-30-44(41-5-2)42-6-3/h25-26,31,43H,4-24,27-30H2,1-3H3. The van der Waals surface area contributed by atoms with Crippen LogP contribution in [0.25, 0.3) is 0 Å². The quantitative estimate of drug-likeness (QED) is 0.0321. The van der Waals surface area contributed by atoms with Crippen molar-refractivity contribution in [1.82, 2.24) is 0 Å². The third-order valence-corrected chi connectivity index (χ3v) is 10.2. The molecule has 1 rings (SSSR count). The highest BCUT2D eigenvalue weighted by Gasteiger charge is 2.13. The lowest BCUT2D eigenvalue weighted by Crippen LogP contribution is -2.03. The second kappa shape index (κ2) is 30.6. The number of ether oxygens (including phenoxy) is 2. The summed E-state index contributed by atoms with van der Waals surface area (Å²) in [5.74, 6) is 1.09. The van der Waals surface area contributed by atoms with Gasteiger partial charge in [-0.1, -0.05) is 89.9 Å². The molecule has 0 radical (unpaired) electrons. The molecule has 1 atom stereocenters. The highest BCUT2D eigenvalue weighted by molar-refractivity contribution is 7.47. The lowest BCUT2D eigenvalue weighted by Gasteiger charge is -2.15. The van der Waals surface area contributed by atoms with E-state index < -0.39 is 8.38 Å². The fourth-order valence-electron chi connectivity index (χ4n) is 4.95. The smallest absolute Gasteiger partial charge is 0.273 e. The van der Waals surface area contributed by atoms with E-state index in [-0.39, 0.29) is 10.6 Å². The first-order chi connectivity index (χ1) is 21.6. The molecule has 8 nitrogen and oxygen atoms in total. The molecule has 0 fully saturated rings. The maximum atomic E-state index is 11.3. The molecule has 1 aromatic rings. The van der Waals surface area contributed by atoms with Crippen molar-refractivity contribution < 1.29 is 28.0 Å². The molecule has 0 aliphatic heterocycles. The Labute approximate surface area is 272 Å². The van der Waals surface area contributed by atoms with Crippen LogP contribution in [0.4, 0.5) is 5.69 Å². The number of hydrogen-bond donors (Lipinski definition) is 0. The molecule has 0 aliphatic carbocycles. The summed E-state index contributed by atoms with van der Waals surface area (Å²) in [4.78, 5) is 10.9. The average molecular weight is 660 g/mol. The number of unbranched alkanes of at least 4 members (excludes halogenated alkanes) is 16. The summed E-state index contributed by atoms with van der Waals surface area (Å²) in [6, 6.07) is 4.67. The fraction of sp³-hybridized carbons (Fsp3) is 0.824. The predicted octanol–water partition coefficient (Wildman–Crippen LogP) is 11.4. The zero-order valence-corrected chi connectivity index (χ0v) is 30.1. The number of rotatable bonds is 33. The third-order valence-electron chi connectivity index (χ3n) is 7.35. The highest BCUT2D eigenvalue weighted by atomic mass is 31.2. The van der Waals surface area contributed by atoms with Gasteiger partial charge in [-0.3, -0.25) is 10.1 Å². The molecule has 1 aromatic carbocycles. The van der Waals surface area contributed by atoms with Crippen molar-refractivity contribution in [3.8, 4) is 11.5 Å². The molecule has 0 aliphatic rings. The van der Waals surface area contributed by atoms with Crippen LogP contribution in [0, 0.1) is 10.1 Å². The molecule has 0 heterocycles. The monoisotopic (exact) mass is 659 g/mol. The van der Waals surface area contributed by atoms with Gasteiger partial charge in [0, 0.05) is 27.6 Å². The molecule has 0 saturated heterocycles. The van der Waals surface area contributed by atoms with Gasteiger partial charge in [0.15, 0.2) is 19.9 Å². The Morgan fingerprint density at radius 1 is 0.636 bits per heavy atom. The fourth-order valence-corrected chi connectivity index (χ4v) is 7.09. The van der Waals surface area contributed by atoms with Crippen LogP contribution in [-0.2, 0) is 13.6 Å². The van der Waals surface area contributed by atoms with Gasteiger partial charge in [-0.15, -0.1) is 0 Å². The Bertz CT molecular complexity index is 797. The molecule has 44 heavy (non-hydrogen) atoms. The van der Waals surface area contributed by atoms with Gasteiger partial charge in [-0.25, -0.2) is 0 Å². The lowest BCUT2D eigenvalue weighted by molar-refractivity contribution is -0.385. The molecule has 0 amide bonds. The molecule has 0 bridgehead atoms. The molecule has 10 heteroatoms. The van der Waals surface area contributed by atoms with Gasteiger partial charge in [0.2, 0.25) is 0 Å². The first-order valence-electron chi connectivity index (χ1n) is 17.5. The largest absolute Gasteiger partial charge is 0.490 e. The maximum absolute atomic E-state index is 11.3. The average Bonchev–Trinajstić information content (AvgIpc) is 3.02. The lowest BCUT2D eigenvalue weighted by atomic mass is 10.1. The van der Waals surface area contributed by atoms with Gasteiger partial charge < -0.3 is 23.0 Å². The minimum Gasteiger partial charge on any atom is -0.490 e. The SMILES string of the molecule is CCOPCCCCCCCCCCCOc1ccc([N+](=O)[O-])cc1OCCCCCCCCCCCP(OCC)OCC. The van der Waals surface area contributed by atoms with E-state index >= 15 is 0 Å². The van der Waals surface area contributed by atoms with E-state index in [1.54, 1.807) is 6.07 Å². The van der Waals surface area contributed by atoms with Crippen LogP contribution in [0.15, 0.2) is 18.2 Å². The van der Waals surface area contributed by atoms with Crippen LogP contribution in [0.5, 0.6) is 11.5 Å². The summed E-state index contributed by atoms with van der Waals surface area (Å²) in [7, 11) is -0.0133. The van der Waals surface area contributed by atoms with Crippen molar-refractivity contribution in [3.63, 3.8) is 0 Å². The second-order valence-corrected chi connectivity index (χ2v) is 13.9. The van der Waals surface area contributed by atoms with Crippen molar-refractivity contribution in [1.29, 1.82) is 0 Å². The van der Waals surface area contributed by atoms with Gasteiger partial charge in [0.1, 0.15) is 0 Å². The Balaban J connectivity index is 2.12. The summed E-state index contributed by atoms with van der Waals surface area (Å²) >= 11 is 0. The van der Waals surface area contributed by atoms with E-state index in [2.05, 4.69) is 6.92 Å². The van der Waals surface area contributed by atoms with Crippen LogP contribution in [0.2, 0.25) is 0 Å². The molecular formula is C34H63NO7P2. The van der Waals surface area contributed by atoms with Crippen LogP contribution >= 0.6 is 17.2 Å². The summed E-state index contributed by atoms with van der Waals surface area (Å²) in [5, 5.41) is 11.3. The number of nitro groups is 1. The Morgan fingerprint density at radius 2 is 1.11 bits per heavy atom. The highest BCUT2D eigenvalue weighted by Crippen LogP contribution is 2.39. The summed E-state index contributed by atoms with van der Waals surface area (Å²) < 4.78 is 28.7. The van der Waals surface area contributed by atoms with Crippen molar-refractivity contribution >= 4 is 22.9 Å². The number of non-ortho nitro benzene ring substituents is 1. The zero-order chi connectivity index (χ0) is 31.9. The van der Waals surface area contributed by atoms with Crippen molar-refractivity contribution in [2.24, 2.45) is 0 Å². The maximum Gasteiger partial charge on any atom is 0.273 e. The summed E-state index contributed by atoms with van der Waals surface area (Å²) in [6.45, 7) is 9.56.